The van der Waals surface area contributed by atoms with Gasteiger partial charge in [0, 0.05) is 30.4 Å². The average molecular weight is 329 g/mol. The fraction of sp³-hybridized carbons (Fsp3) is 0.526. The second-order valence-electron chi connectivity index (χ2n) is 6.42. The molecule has 0 radical (unpaired) electrons. The van der Waals surface area contributed by atoms with Gasteiger partial charge in [-0.2, -0.15) is 5.10 Å². The minimum absolute atomic E-state index is 0.325. The predicted octanol–water partition coefficient (Wildman–Crippen LogP) is 3.09. The molecule has 2 heterocycles. The molecule has 0 saturated carbocycles. The van der Waals surface area contributed by atoms with Gasteiger partial charge in [-0.3, -0.25) is 4.68 Å². The van der Waals surface area contributed by atoms with Gasteiger partial charge < -0.3 is 14.8 Å². The molecular formula is C19H27N3O2. The molecule has 0 saturated heterocycles. The van der Waals surface area contributed by atoms with E-state index in [1.165, 1.54) is 16.8 Å². The number of benzene rings is 1. The fourth-order valence-corrected chi connectivity index (χ4v) is 3.44. The molecule has 130 valence electrons. The highest BCUT2D eigenvalue weighted by Gasteiger charge is 2.20. The Hall–Kier alpha value is -2.01. The highest BCUT2D eigenvalue weighted by molar-refractivity contribution is 5.43. The van der Waals surface area contributed by atoms with Crippen LogP contribution in [0.25, 0.3) is 0 Å². The van der Waals surface area contributed by atoms with Gasteiger partial charge in [-0.05, 0) is 51.3 Å². The highest BCUT2D eigenvalue weighted by Crippen LogP contribution is 2.34. The molecule has 24 heavy (non-hydrogen) atoms. The Morgan fingerprint density at radius 3 is 2.92 bits per heavy atom. The minimum atomic E-state index is 0.325. The van der Waals surface area contributed by atoms with Crippen molar-refractivity contribution in [1.29, 1.82) is 0 Å². The van der Waals surface area contributed by atoms with Crippen LogP contribution in [-0.2, 0) is 13.5 Å². The number of nitrogens with one attached hydrogen (secondary N) is 1. The van der Waals surface area contributed by atoms with Crippen molar-refractivity contribution in [1.82, 2.24) is 15.1 Å². The zero-order valence-electron chi connectivity index (χ0n) is 15.1. The van der Waals surface area contributed by atoms with E-state index in [9.17, 15) is 0 Å². The van der Waals surface area contributed by atoms with Gasteiger partial charge in [0.1, 0.15) is 11.5 Å². The summed E-state index contributed by atoms with van der Waals surface area (Å²) in [5.74, 6) is 1.79. The third kappa shape index (κ3) is 3.41. The lowest BCUT2D eigenvalue weighted by atomic mass is 10.0. The molecule has 0 aliphatic carbocycles. The zero-order chi connectivity index (χ0) is 17.1. The maximum absolute atomic E-state index is 5.89. The first-order valence-corrected chi connectivity index (χ1v) is 8.63. The highest BCUT2D eigenvalue weighted by atomic mass is 16.5. The average Bonchev–Trinajstić information content (AvgIpc) is 2.75. The summed E-state index contributed by atoms with van der Waals surface area (Å²) in [7, 11) is 3.69. The Morgan fingerprint density at radius 1 is 1.38 bits per heavy atom. The van der Waals surface area contributed by atoms with Crippen molar-refractivity contribution in [3.05, 3.63) is 40.7 Å². The molecule has 3 rings (SSSR count). The van der Waals surface area contributed by atoms with Crippen LogP contribution in [0.2, 0.25) is 0 Å². The van der Waals surface area contributed by atoms with Crippen LogP contribution in [-0.4, -0.2) is 30.0 Å². The molecule has 1 N–H and O–H groups in total. The second-order valence-corrected chi connectivity index (χ2v) is 6.42. The number of nitrogens with zero attached hydrogens (tertiary/aromatic N) is 2. The summed E-state index contributed by atoms with van der Waals surface area (Å²) in [6.45, 7) is 5.92. The molecule has 1 aromatic carbocycles. The molecule has 1 aliphatic heterocycles. The maximum Gasteiger partial charge on any atom is 0.127 e. The predicted molar refractivity (Wildman–Crippen MR) is 94.9 cm³/mol. The molecule has 0 fully saturated rings. The first-order valence-electron chi connectivity index (χ1n) is 8.63. The number of fused-ring (bicyclic) bond motifs is 1. The van der Waals surface area contributed by atoms with E-state index in [-0.39, 0.29) is 0 Å². The van der Waals surface area contributed by atoms with Gasteiger partial charge in [0.25, 0.3) is 0 Å². The molecular weight excluding hydrogens is 302 g/mol. The van der Waals surface area contributed by atoms with Crippen molar-refractivity contribution in [3.8, 4) is 11.5 Å². The van der Waals surface area contributed by atoms with Crippen LogP contribution in [0.4, 0.5) is 0 Å². The molecule has 0 spiro atoms. The fourth-order valence-electron chi connectivity index (χ4n) is 3.44. The molecule has 5 heteroatoms. The van der Waals surface area contributed by atoms with Crippen LogP contribution in [0, 0.1) is 13.8 Å². The van der Waals surface area contributed by atoms with Crippen LogP contribution in [0.5, 0.6) is 11.5 Å². The van der Waals surface area contributed by atoms with E-state index in [4.69, 9.17) is 9.47 Å². The van der Waals surface area contributed by atoms with Gasteiger partial charge in [0.15, 0.2) is 0 Å². The van der Waals surface area contributed by atoms with E-state index in [2.05, 4.69) is 30.3 Å². The number of ether oxygens (including phenoxy) is 2. The molecule has 5 nitrogen and oxygen atoms in total. The van der Waals surface area contributed by atoms with E-state index in [0.717, 1.165) is 49.6 Å². The normalized spacial score (nSPS) is 17.1. The summed E-state index contributed by atoms with van der Waals surface area (Å²) in [6.07, 6.45) is 3.14. The summed E-state index contributed by atoms with van der Waals surface area (Å²) in [5, 5.41) is 8.21. The minimum Gasteiger partial charge on any atom is -0.497 e. The van der Waals surface area contributed by atoms with Crippen LogP contribution in [0.3, 0.4) is 0 Å². The number of aromatic nitrogens is 2. The Bertz CT molecular complexity index is 709. The van der Waals surface area contributed by atoms with Crippen LogP contribution in [0.1, 0.15) is 41.4 Å². The summed E-state index contributed by atoms with van der Waals surface area (Å²) >= 11 is 0. The number of aryl methyl sites for hydroxylation is 2. The molecule has 0 bridgehead atoms. The van der Waals surface area contributed by atoms with Crippen molar-refractivity contribution in [2.75, 3.05) is 20.3 Å². The maximum atomic E-state index is 5.89. The SMILES string of the molecule is COc1ccc2c(c1)OCCC[C@H]2NCCc1c(C)nn(C)c1C. The zero-order valence-corrected chi connectivity index (χ0v) is 15.1. The lowest BCUT2D eigenvalue weighted by Crippen LogP contribution is -2.23. The van der Waals surface area contributed by atoms with Gasteiger partial charge in [0.2, 0.25) is 0 Å². The van der Waals surface area contributed by atoms with Gasteiger partial charge >= 0.3 is 0 Å². The lowest BCUT2D eigenvalue weighted by molar-refractivity contribution is 0.313. The van der Waals surface area contributed by atoms with Crippen molar-refractivity contribution in [3.63, 3.8) is 0 Å². The van der Waals surface area contributed by atoms with E-state index in [1.807, 2.05) is 23.9 Å². The summed E-state index contributed by atoms with van der Waals surface area (Å²) in [6, 6.07) is 6.45. The quantitative estimate of drug-likeness (QED) is 0.916. The third-order valence-electron chi connectivity index (χ3n) is 4.92. The summed E-state index contributed by atoms with van der Waals surface area (Å²) in [4.78, 5) is 0. The van der Waals surface area contributed by atoms with Gasteiger partial charge in [-0.15, -0.1) is 0 Å². The Labute approximate surface area is 144 Å². The summed E-state index contributed by atoms with van der Waals surface area (Å²) in [5.41, 5.74) is 4.97. The third-order valence-corrected chi connectivity index (χ3v) is 4.92. The van der Waals surface area contributed by atoms with Gasteiger partial charge in [0.05, 0.1) is 19.4 Å². The Morgan fingerprint density at radius 2 is 2.21 bits per heavy atom. The van der Waals surface area contributed by atoms with Crippen molar-refractivity contribution in [2.45, 2.75) is 39.2 Å². The first-order chi connectivity index (χ1) is 11.6. The van der Waals surface area contributed by atoms with E-state index in [1.54, 1.807) is 7.11 Å². The number of rotatable bonds is 5. The van der Waals surface area contributed by atoms with Gasteiger partial charge in [-0.25, -0.2) is 0 Å². The lowest BCUT2D eigenvalue weighted by Gasteiger charge is -2.19. The topological polar surface area (TPSA) is 48.3 Å². The standard InChI is InChI=1S/C19H27N3O2/c1-13-16(14(2)22(3)21-13)9-10-20-18-6-5-11-24-19-12-15(23-4)7-8-17(18)19/h7-8,12,18,20H,5-6,9-11H2,1-4H3/t18-/m1/s1. The Kier molecular flexibility index (Phi) is 5.09. The molecule has 1 aliphatic rings. The summed E-state index contributed by atoms with van der Waals surface area (Å²) < 4.78 is 13.2. The van der Waals surface area contributed by atoms with Crippen LogP contribution >= 0.6 is 0 Å². The smallest absolute Gasteiger partial charge is 0.127 e. The Balaban J connectivity index is 1.69. The first kappa shape index (κ1) is 16.8. The molecule has 1 atom stereocenters. The van der Waals surface area contributed by atoms with Gasteiger partial charge in [-0.1, -0.05) is 6.07 Å². The van der Waals surface area contributed by atoms with Crippen molar-refractivity contribution < 1.29 is 9.47 Å². The largest absolute Gasteiger partial charge is 0.497 e. The molecule has 2 aromatic rings. The van der Waals surface area contributed by atoms with E-state index in [0.29, 0.717) is 6.04 Å². The second kappa shape index (κ2) is 7.26. The van der Waals surface area contributed by atoms with Crippen molar-refractivity contribution in [2.24, 2.45) is 7.05 Å². The number of hydrogen-bond donors (Lipinski definition) is 1. The van der Waals surface area contributed by atoms with E-state index >= 15 is 0 Å². The molecule has 0 unspecified atom stereocenters. The van der Waals surface area contributed by atoms with Crippen LogP contribution < -0.4 is 14.8 Å². The number of hydrogen-bond acceptors (Lipinski definition) is 4. The monoisotopic (exact) mass is 329 g/mol. The molecule has 1 aromatic heterocycles. The number of methoxy groups -OCH3 is 1. The van der Waals surface area contributed by atoms with E-state index < -0.39 is 0 Å². The van der Waals surface area contributed by atoms with Crippen LogP contribution in [0.15, 0.2) is 18.2 Å². The molecule has 0 amide bonds. The van der Waals surface area contributed by atoms with Crippen molar-refractivity contribution >= 4 is 0 Å².